The number of nitro groups is 1. The van der Waals surface area contributed by atoms with Crippen LogP contribution in [0.5, 0.6) is 0 Å². The predicted molar refractivity (Wildman–Crippen MR) is 61.7 cm³/mol. The van der Waals surface area contributed by atoms with E-state index in [0.717, 1.165) is 12.1 Å². The van der Waals surface area contributed by atoms with Crippen LogP contribution in [0.25, 0.3) is 11.4 Å². The third-order valence-electron chi connectivity index (χ3n) is 2.51. The van der Waals surface area contributed by atoms with Gasteiger partial charge in [0.2, 0.25) is 17.5 Å². The van der Waals surface area contributed by atoms with Gasteiger partial charge < -0.3 is 9.63 Å². The first-order valence-electron chi connectivity index (χ1n) is 5.60. The van der Waals surface area contributed by atoms with E-state index < -0.39 is 33.6 Å². The summed E-state index contributed by atoms with van der Waals surface area (Å²) in [4.78, 5) is 13.4. The summed E-state index contributed by atoms with van der Waals surface area (Å²) in [5.74, 6) is -2.71. The van der Waals surface area contributed by atoms with Crippen molar-refractivity contribution in [1.29, 1.82) is 0 Å². The predicted octanol–water partition coefficient (Wildman–Crippen LogP) is 1.85. The van der Waals surface area contributed by atoms with Crippen LogP contribution >= 0.6 is 0 Å². The molecule has 9 heteroatoms. The molecule has 0 aliphatic carbocycles. The van der Waals surface area contributed by atoms with Crippen molar-refractivity contribution in [3.63, 3.8) is 0 Å². The van der Waals surface area contributed by atoms with E-state index in [1.165, 1.54) is 0 Å². The fourth-order valence-electron chi connectivity index (χ4n) is 1.58. The number of halogens is 2. The zero-order valence-corrected chi connectivity index (χ0v) is 10.0. The maximum Gasteiger partial charge on any atom is 0.305 e. The van der Waals surface area contributed by atoms with Gasteiger partial charge in [0.15, 0.2) is 0 Å². The molecule has 0 radical (unpaired) electrons. The van der Waals surface area contributed by atoms with Gasteiger partial charge in [-0.3, -0.25) is 10.1 Å². The molecule has 7 nitrogen and oxygen atoms in total. The molecule has 1 N–H and O–H groups in total. The van der Waals surface area contributed by atoms with Crippen LogP contribution in [0.3, 0.4) is 0 Å². The normalized spacial score (nSPS) is 10.8. The van der Waals surface area contributed by atoms with E-state index in [-0.39, 0.29) is 18.9 Å². The number of aliphatic hydroxyl groups excluding tert-OH is 1. The minimum Gasteiger partial charge on any atom is -0.396 e. The highest BCUT2D eigenvalue weighted by molar-refractivity contribution is 5.61. The first-order chi connectivity index (χ1) is 9.54. The van der Waals surface area contributed by atoms with Crippen molar-refractivity contribution in [3.8, 4) is 11.4 Å². The van der Waals surface area contributed by atoms with Crippen LogP contribution < -0.4 is 0 Å². The lowest BCUT2D eigenvalue weighted by Crippen LogP contribution is -1.99. The van der Waals surface area contributed by atoms with Crippen molar-refractivity contribution < 1.29 is 23.3 Å². The molecule has 2 aromatic rings. The first-order valence-corrected chi connectivity index (χ1v) is 5.60. The Bertz CT molecular complexity index is 645. The second-order valence-corrected chi connectivity index (χ2v) is 3.85. The molecule has 0 aliphatic heterocycles. The molecule has 0 bridgehead atoms. The maximum absolute atomic E-state index is 13.9. The molecule has 0 saturated carbocycles. The lowest BCUT2D eigenvalue weighted by atomic mass is 10.1. The van der Waals surface area contributed by atoms with Gasteiger partial charge in [0.25, 0.3) is 0 Å². The fourth-order valence-corrected chi connectivity index (χ4v) is 1.58. The van der Waals surface area contributed by atoms with E-state index in [1.54, 1.807) is 0 Å². The minimum absolute atomic E-state index is 0.0827. The molecule has 0 aliphatic rings. The van der Waals surface area contributed by atoms with Crippen molar-refractivity contribution in [2.75, 3.05) is 6.61 Å². The monoisotopic (exact) mass is 285 g/mol. The Morgan fingerprint density at radius 1 is 1.40 bits per heavy atom. The molecule has 0 saturated heterocycles. The van der Waals surface area contributed by atoms with E-state index in [0.29, 0.717) is 6.42 Å². The van der Waals surface area contributed by atoms with E-state index in [2.05, 4.69) is 10.1 Å². The molecule has 1 aromatic carbocycles. The lowest BCUT2D eigenvalue weighted by Gasteiger charge is -2.00. The van der Waals surface area contributed by atoms with Gasteiger partial charge in [0.05, 0.1) is 4.92 Å². The molecule has 1 heterocycles. The third kappa shape index (κ3) is 2.62. The Hall–Kier alpha value is -2.42. The molecule has 0 spiro atoms. The summed E-state index contributed by atoms with van der Waals surface area (Å²) < 4.78 is 32.3. The van der Waals surface area contributed by atoms with Crippen molar-refractivity contribution in [3.05, 3.63) is 39.8 Å². The number of nitro benzene ring substituents is 1. The zero-order chi connectivity index (χ0) is 14.7. The number of aromatic nitrogens is 2. The van der Waals surface area contributed by atoms with Crippen LogP contribution in [0.1, 0.15) is 12.3 Å². The van der Waals surface area contributed by atoms with E-state index in [4.69, 9.17) is 9.63 Å². The van der Waals surface area contributed by atoms with Crippen molar-refractivity contribution in [2.45, 2.75) is 12.8 Å². The molecule has 0 fully saturated rings. The van der Waals surface area contributed by atoms with Gasteiger partial charge in [-0.15, -0.1) is 0 Å². The number of aryl methyl sites for hydroxylation is 1. The number of hydrogen-bond donors (Lipinski definition) is 1. The van der Waals surface area contributed by atoms with Crippen LogP contribution in [0.2, 0.25) is 0 Å². The highest BCUT2D eigenvalue weighted by atomic mass is 19.1. The summed E-state index contributed by atoms with van der Waals surface area (Å²) in [5.41, 5.74) is -1.58. The molecular formula is C11H9F2N3O4. The van der Waals surface area contributed by atoms with Gasteiger partial charge in [-0.2, -0.15) is 9.37 Å². The highest BCUT2D eigenvalue weighted by Crippen LogP contribution is 2.29. The summed E-state index contributed by atoms with van der Waals surface area (Å²) >= 11 is 0. The topological polar surface area (TPSA) is 102 Å². The molecule has 1 aromatic heterocycles. The lowest BCUT2D eigenvalue weighted by molar-refractivity contribution is -0.387. The van der Waals surface area contributed by atoms with Gasteiger partial charge in [-0.25, -0.2) is 4.39 Å². The van der Waals surface area contributed by atoms with Gasteiger partial charge in [0.1, 0.15) is 11.4 Å². The van der Waals surface area contributed by atoms with Gasteiger partial charge >= 0.3 is 5.69 Å². The van der Waals surface area contributed by atoms with Gasteiger partial charge in [0, 0.05) is 19.1 Å². The summed E-state index contributed by atoms with van der Waals surface area (Å²) in [5, 5.41) is 22.7. The maximum atomic E-state index is 13.9. The quantitative estimate of drug-likeness (QED) is 0.664. The standard InChI is InChI=1S/C11H9F2N3O4/c12-6-3-4-7(16(18)19)10(13)9(6)11-14-8(20-15-11)2-1-5-17/h3-4,17H,1-2,5H2. The molecule has 0 atom stereocenters. The molecule has 0 amide bonds. The van der Waals surface area contributed by atoms with Crippen molar-refractivity contribution in [2.24, 2.45) is 0 Å². The molecular weight excluding hydrogens is 276 g/mol. The van der Waals surface area contributed by atoms with Gasteiger partial charge in [-0.05, 0) is 12.5 Å². The molecule has 106 valence electrons. The Balaban J connectivity index is 2.44. The molecule has 20 heavy (non-hydrogen) atoms. The van der Waals surface area contributed by atoms with Crippen LogP contribution in [0, 0.1) is 21.7 Å². The summed E-state index contributed by atoms with van der Waals surface area (Å²) in [6.07, 6.45) is 0.587. The van der Waals surface area contributed by atoms with E-state index in [9.17, 15) is 18.9 Å². The average molecular weight is 285 g/mol. The minimum atomic E-state index is -1.36. The van der Waals surface area contributed by atoms with Crippen LogP contribution in [0.15, 0.2) is 16.7 Å². The third-order valence-corrected chi connectivity index (χ3v) is 2.51. The van der Waals surface area contributed by atoms with E-state index >= 15 is 0 Å². The second-order valence-electron chi connectivity index (χ2n) is 3.85. The molecule has 0 unspecified atom stereocenters. The SMILES string of the molecule is O=[N+]([O-])c1ccc(F)c(-c2noc(CCCO)n2)c1F. The Labute approximate surface area is 111 Å². The average Bonchev–Trinajstić information content (AvgIpc) is 2.84. The van der Waals surface area contributed by atoms with Crippen LogP contribution in [0.4, 0.5) is 14.5 Å². The summed E-state index contributed by atoms with van der Waals surface area (Å²) in [6.45, 7) is -0.1000. The van der Waals surface area contributed by atoms with Crippen LogP contribution in [-0.2, 0) is 6.42 Å². The first kappa shape index (κ1) is 14.0. The Kier molecular flexibility index (Phi) is 3.99. The van der Waals surface area contributed by atoms with Crippen molar-refractivity contribution >= 4 is 5.69 Å². The molecule has 2 rings (SSSR count). The summed E-state index contributed by atoms with van der Waals surface area (Å²) in [7, 11) is 0. The Morgan fingerprint density at radius 3 is 2.80 bits per heavy atom. The van der Waals surface area contributed by atoms with Gasteiger partial charge in [-0.1, -0.05) is 5.16 Å². The zero-order valence-electron chi connectivity index (χ0n) is 10.0. The van der Waals surface area contributed by atoms with Crippen molar-refractivity contribution in [1.82, 2.24) is 10.1 Å². The number of aliphatic hydroxyl groups is 1. The summed E-state index contributed by atoms with van der Waals surface area (Å²) in [6, 6.07) is 1.49. The number of hydrogen-bond acceptors (Lipinski definition) is 6. The Morgan fingerprint density at radius 2 is 2.15 bits per heavy atom. The second kappa shape index (κ2) is 5.70. The number of benzene rings is 1. The highest BCUT2D eigenvalue weighted by Gasteiger charge is 2.25. The van der Waals surface area contributed by atoms with Crippen LogP contribution in [-0.4, -0.2) is 26.8 Å². The smallest absolute Gasteiger partial charge is 0.305 e. The number of nitrogens with zero attached hydrogens (tertiary/aromatic N) is 3. The number of rotatable bonds is 5. The largest absolute Gasteiger partial charge is 0.396 e. The van der Waals surface area contributed by atoms with E-state index in [1.807, 2.05) is 0 Å². The fraction of sp³-hybridized carbons (Fsp3) is 0.273.